The highest BCUT2D eigenvalue weighted by molar-refractivity contribution is 14.1. The zero-order chi connectivity index (χ0) is 6.85. The molecule has 0 radical (unpaired) electrons. The van der Waals surface area contributed by atoms with Gasteiger partial charge in [0.25, 0.3) is 0 Å². The Morgan fingerprint density at radius 2 is 2.33 bits per heavy atom. The molecular formula is C5H4ClIN2. The molecule has 2 N–H and O–H groups in total. The first kappa shape index (κ1) is 7.08. The average molecular weight is 254 g/mol. The molecule has 1 aromatic heterocycles. The molecule has 0 aliphatic heterocycles. The van der Waals surface area contributed by atoms with Crippen molar-refractivity contribution in [3.05, 3.63) is 21.0 Å². The van der Waals surface area contributed by atoms with Crippen LogP contribution in [-0.2, 0) is 0 Å². The normalized spacial score (nSPS) is 9.56. The molecule has 0 amide bonds. The van der Waals surface area contributed by atoms with E-state index in [9.17, 15) is 0 Å². The first-order chi connectivity index (χ1) is 4.22. The third kappa shape index (κ3) is 1.46. The van der Waals surface area contributed by atoms with Crippen LogP contribution < -0.4 is 5.73 Å². The maximum absolute atomic E-state index is 5.64. The molecular weight excluding hydrogens is 250 g/mol. The molecule has 0 saturated heterocycles. The lowest BCUT2D eigenvalue weighted by Crippen LogP contribution is -1.91. The number of hydrogen-bond donors (Lipinski definition) is 1. The summed E-state index contributed by atoms with van der Waals surface area (Å²) in [6.45, 7) is 0. The second-order valence-corrected chi connectivity index (χ2v) is 2.93. The maximum atomic E-state index is 5.64. The summed E-state index contributed by atoms with van der Waals surface area (Å²) in [7, 11) is 0. The molecule has 0 spiro atoms. The molecule has 0 aliphatic carbocycles. The van der Waals surface area contributed by atoms with Gasteiger partial charge in [-0.25, -0.2) is 4.98 Å². The number of anilines is 1. The molecule has 0 fully saturated rings. The average Bonchev–Trinajstić information content (AvgIpc) is 1.83. The van der Waals surface area contributed by atoms with Gasteiger partial charge < -0.3 is 5.73 Å². The van der Waals surface area contributed by atoms with Gasteiger partial charge in [0.15, 0.2) is 0 Å². The highest BCUT2D eigenvalue weighted by atomic mass is 127. The maximum Gasteiger partial charge on any atom is 0.125 e. The van der Waals surface area contributed by atoms with E-state index in [0.29, 0.717) is 10.7 Å². The summed E-state index contributed by atoms with van der Waals surface area (Å²) in [6.07, 6.45) is 1.63. The van der Waals surface area contributed by atoms with E-state index in [0.717, 1.165) is 3.70 Å². The minimum absolute atomic E-state index is 0.555. The predicted molar refractivity (Wildman–Crippen MR) is 46.4 cm³/mol. The minimum atomic E-state index is 0.555. The SMILES string of the molecule is Nc1c(Cl)ccnc1I. The van der Waals surface area contributed by atoms with Gasteiger partial charge in [-0.3, -0.25) is 0 Å². The van der Waals surface area contributed by atoms with E-state index in [2.05, 4.69) is 4.98 Å². The quantitative estimate of drug-likeness (QED) is 0.567. The van der Waals surface area contributed by atoms with Crippen molar-refractivity contribution >= 4 is 39.9 Å². The van der Waals surface area contributed by atoms with Gasteiger partial charge in [0.2, 0.25) is 0 Å². The lowest BCUT2D eigenvalue weighted by molar-refractivity contribution is 1.28. The van der Waals surface area contributed by atoms with Crippen LogP contribution >= 0.6 is 34.2 Å². The van der Waals surface area contributed by atoms with Gasteiger partial charge in [0.1, 0.15) is 3.70 Å². The molecule has 1 aromatic rings. The Morgan fingerprint density at radius 3 is 2.78 bits per heavy atom. The molecule has 0 saturated carbocycles. The van der Waals surface area contributed by atoms with Gasteiger partial charge in [-0.05, 0) is 28.7 Å². The van der Waals surface area contributed by atoms with Crippen LogP contribution in [0.5, 0.6) is 0 Å². The lowest BCUT2D eigenvalue weighted by atomic mass is 10.4. The first-order valence-electron chi connectivity index (χ1n) is 2.27. The largest absolute Gasteiger partial charge is 0.395 e. The van der Waals surface area contributed by atoms with Crippen LogP contribution in [0.1, 0.15) is 0 Å². The summed E-state index contributed by atoms with van der Waals surface area (Å²) in [5, 5.41) is 0.564. The highest BCUT2D eigenvalue weighted by Gasteiger charge is 1.98. The Bertz CT molecular complexity index is 206. The Kier molecular flexibility index (Phi) is 2.13. The van der Waals surface area contributed by atoms with Crippen LogP contribution in [0.15, 0.2) is 12.3 Å². The van der Waals surface area contributed by atoms with E-state index in [4.69, 9.17) is 17.3 Å². The van der Waals surface area contributed by atoms with Crippen LogP contribution in [0.3, 0.4) is 0 Å². The fourth-order valence-electron chi connectivity index (χ4n) is 0.426. The summed E-state index contributed by atoms with van der Waals surface area (Å²) in [6, 6.07) is 1.67. The number of nitrogens with two attached hydrogens (primary N) is 1. The molecule has 2 nitrogen and oxygen atoms in total. The molecule has 1 heterocycles. The van der Waals surface area contributed by atoms with Crippen molar-refractivity contribution in [3.8, 4) is 0 Å². The molecule has 48 valence electrons. The van der Waals surface area contributed by atoms with Crippen molar-refractivity contribution in [1.29, 1.82) is 0 Å². The Labute approximate surface area is 71.6 Å². The van der Waals surface area contributed by atoms with Crippen molar-refractivity contribution in [1.82, 2.24) is 4.98 Å². The molecule has 0 atom stereocenters. The van der Waals surface area contributed by atoms with Gasteiger partial charge in [-0.15, -0.1) is 0 Å². The molecule has 0 unspecified atom stereocenters. The second kappa shape index (κ2) is 2.70. The summed E-state index contributed by atoms with van der Waals surface area (Å²) < 4.78 is 0.750. The number of aromatic nitrogens is 1. The Balaban J connectivity index is 3.25. The zero-order valence-electron chi connectivity index (χ0n) is 4.44. The van der Waals surface area contributed by atoms with Crippen LogP contribution in [0, 0.1) is 3.70 Å². The van der Waals surface area contributed by atoms with Crippen LogP contribution in [-0.4, -0.2) is 4.98 Å². The van der Waals surface area contributed by atoms with Crippen LogP contribution in [0.4, 0.5) is 5.69 Å². The Morgan fingerprint density at radius 1 is 1.67 bits per heavy atom. The molecule has 0 aliphatic rings. The fourth-order valence-corrected chi connectivity index (χ4v) is 1.18. The van der Waals surface area contributed by atoms with E-state index in [1.54, 1.807) is 12.3 Å². The van der Waals surface area contributed by atoms with Crippen molar-refractivity contribution in [3.63, 3.8) is 0 Å². The van der Waals surface area contributed by atoms with Crippen molar-refractivity contribution in [2.75, 3.05) is 5.73 Å². The van der Waals surface area contributed by atoms with E-state index >= 15 is 0 Å². The summed E-state index contributed by atoms with van der Waals surface area (Å²) in [5.74, 6) is 0. The number of halogens is 2. The number of pyridine rings is 1. The minimum Gasteiger partial charge on any atom is -0.395 e. The van der Waals surface area contributed by atoms with E-state index < -0.39 is 0 Å². The lowest BCUT2D eigenvalue weighted by Gasteiger charge is -1.96. The number of nitrogens with zero attached hydrogens (tertiary/aromatic N) is 1. The van der Waals surface area contributed by atoms with Gasteiger partial charge in [0.05, 0.1) is 10.7 Å². The van der Waals surface area contributed by atoms with E-state index in [-0.39, 0.29) is 0 Å². The molecule has 9 heavy (non-hydrogen) atoms. The van der Waals surface area contributed by atoms with E-state index in [1.807, 2.05) is 22.6 Å². The molecule has 4 heteroatoms. The van der Waals surface area contributed by atoms with Gasteiger partial charge >= 0.3 is 0 Å². The topological polar surface area (TPSA) is 38.9 Å². The monoisotopic (exact) mass is 254 g/mol. The standard InChI is InChI=1S/C5H4ClIN2/c6-3-1-2-9-5(7)4(3)8/h1-2H,8H2. The van der Waals surface area contributed by atoms with E-state index in [1.165, 1.54) is 0 Å². The van der Waals surface area contributed by atoms with Gasteiger partial charge in [0, 0.05) is 6.20 Å². The zero-order valence-corrected chi connectivity index (χ0v) is 7.35. The number of nitrogen functional groups attached to an aromatic ring is 1. The number of rotatable bonds is 0. The second-order valence-electron chi connectivity index (χ2n) is 1.50. The van der Waals surface area contributed by atoms with Crippen molar-refractivity contribution in [2.24, 2.45) is 0 Å². The third-order valence-corrected chi connectivity index (χ3v) is 2.08. The summed E-state index contributed by atoms with van der Waals surface area (Å²) in [4.78, 5) is 3.92. The number of hydrogen-bond acceptors (Lipinski definition) is 2. The summed E-state index contributed by atoms with van der Waals surface area (Å²) >= 11 is 7.67. The molecule has 1 rings (SSSR count). The van der Waals surface area contributed by atoms with Gasteiger partial charge in [-0.2, -0.15) is 0 Å². The Hall–Kier alpha value is -0.0300. The highest BCUT2D eigenvalue weighted by Crippen LogP contribution is 2.20. The van der Waals surface area contributed by atoms with Gasteiger partial charge in [-0.1, -0.05) is 11.6 Å². The summed E-state index contributed by atoms with van der Waals surface area (Å²) in [5.41, 5.74) is 6.04. The smallest absolute Gasteiger partial charge is 0.125 e. The van der Waals surface area contributed by atoms with Crippen LogP contribution in [0.25, 0.3) is 0 Å². The van der Waals surface area contributed by atoms with Crippen LogP contribution in [0.2, 0.25) is 5.02 Å². The predicted octanol–water partition coefficient (Wildman–Crippen LogP) is 1.92. The molecule has 0 bridgehead atoms. The third-order valence-electron chi connectivity index (χ3n) is 0.888. The fraction of sp³-hybridized carbons (Fsp3) is 0. The van der Waals surface area contributed by atoms with Crippen molar-refractivity contribution < 1.29 is 0 Å². The first-order valence-corrected chi connectivity index (χ1v) is 3.73. The molecule has 0 aromatic carbocycles. The van der Waals surface area contributed by atoms with Crippen molar-refractivity contribution in [2.45, 2.75) is 0 Å².